The van der Waals surface area contributed by atoms with Gasteiger partial charge in [-0.15, -0.1) is 10.2 Å². The van der Waals surface area contributed by atoms with Crippen molar-refractivity contribution in [3.63, 3.8) is 0 Å². The maximum Gasteiger partial charge on any atom is 0.247 e. The Labute approximate surface area is 136 Å². The molecule has 122 valence electrons. The fourth-order valence-electron chi connectivity index (χ4n) is 2.54. The molecule has 0 amide bonds. The van der Waals surface area contributed by atoms with E-state index in [0.29, 0.717) is 12.6 Å². The van der Waals surface area contributed by atoms with E-state index < -0.39 is 0 Å². The second-order valence-corrected chi connectivity index (χ2v) is 5.49. The minimum atomic E-state index is 0.162. The van der Waals surface area contributed by atoms with Gasteiger partial charge in [-0.2, -0.15) is 0 Å². The van der Waals surface area contributed by atoms with Gasteiger partial charge < -0.3 is 14.8 Å². The van der Waals surface area contributed by atoms with Gasteiger partial charge in [-0.3, -0.25) is 0 Å². The van der Waals surface area contributed by atoms with Crippen molar-refractivity contribution < 1.29 is 9.47 Å². The Morgan fingerprint density at radius 3 is 2.57 bits per heavy atom. The average Bonchev–Trinajstić information content (AvgIpc) is 3.09. The fraction of sp³-hybridized carbons (Fsp3) is 0.471. The van der Waals surface area contributed by atoms with E-state index in [0.717, 1.165) is 48.7 Å². The van der Waals surface area contributed by atoms with Gasteiger partial charge in [-0.25, -0.2) is 4.98 Å². The van der Waals surface area contributed by atoms with E-state index in [9.17, 15) is 0 Å². The molecular weight excluding hydrogens is 292 g/mol. The third-order valence-electron chi connectivity index (χ3n) is 3.81. The number of rotatable bonds is 6. The summed E-state index contributed by atoms with van der Waals surface area (Å²) in [6.45, 7) is 5.59. The summed E-state index contributed by atoms with van der Waals surface area (Å²) in [5.74, 6) is 1.37. The van der Waals surface area contributed by atoms with Crippen molar-refractivity contribution in [2.45, 2.75) is 39.2 Å². The highest BCUT2D eigenvalue weighted by Gasteiger charge is 2.17. The number of ether oxygens (including phenoxy) is 2. The van der Waals surface area contributed by atoms with Gasteiger partial charge in [0.05, 0.1) is 24.6 Å². The smallest absolute Gasteiger partial charge is 0.247 e. The number of nitrogens with zero attached hydrogens (tertiary/aromatic N) is 3. The monoisotopic (exact) mass is 314 g/mol. The van der Waals surface area contributed by atoms with E-state index in [1.807, 2.05) is 24.3 Å². The van der Waals surface area contributed by atoms with Gasteiger partial charge in [0.25, 0.3) is 0 Å². The molecule has 6 nitrogen and oxygen atoms in total. The minimum absolute atomic E-state index is 0.162. The molecule has 0 aliphatic carbocycles. The van der Waals surface area contributed by atoms with Crippen LogP contribution < -0.4 is 10.1 Å². The molecule has 1 aromatic heterocycles. The van der Waals surface area contributed by atoms with Crippen LogP contribution in [0, 0.1) is 0 Å². The molecular formula is C17H22N4O2. The quantitative estimate of drug-likeness (QED) is 0.884. The Morgan fingerprint density at radius 2 is 1.91 bits per heavy atom. The Kier molecular flexibility index (Phi) is 5.02. The van der Waals surface area contributed by atoms with Gasteiger partial charge in [0.2, 0.25) is 5.95 Å². The summed E-state index contributed by atoms with van der Waals surface area (Å²) in [6.07, 6.45) is 2.81. The van der Waals surface area contributed by atoms with E-state index >= 15 is 0 Å². The van der Waals surface area contributed by atoms with Crippen LogP contribution in [0.1, 0.15) is 31.7 Å². The highest BCUT2D eigenvalue weighted by molar-refractivity contribution is 5.54. The fourth-order valence-corrected chi connectivity index (χ4v) is 2.54. The molecule has 1 atom stereocenters. The van der Waals surface area contributed by atoms with Gasteiger partial charge in [0.1, 0.15) is 11.9 Å². The van der Waals surface area contributed by atoms with Crippen molar-refractivity contribution in [2.24, 2.45) is 0 Å². The van der Waals surface area contributed by atoms with E-state index in [4.69, 9.17) is 9.47 Å². The molecule has 6 heteroatoms. The predicted molar refractivity (Wildman–Crippen MR) is 88.2 cm³/mol. The zero-order valence-electron chi connectivity index (χ0n) is 13.6. The highest BCUT2D eigenvalue weighted by Crippen LogP contribution is 2.21. The average molecular weight is 314 g/mol. The standard InChI is InChI=1S/C17H22N4O2/c1-3-15-16(4-2)20-21-17(19-15)18-12-5-7-13(8-6-12)23-14-9-10-22-11-14/h5-8,14H,3-4,9-11H2,1-2H3,(H,18,19,21). The van der Waals surface area contributed by atoms with Crippen LogP contribution in [-0.2, 0) is 17.6 Å². The Hall–Kier alpha value is -2.21. The summed E-state index contributed by atoms with van der Waals surface area (Å²) in [5, 5.41) is 11.6. The number of hydrogen-bond acceptors (Lipinski definition) is 6. The summed E-state index contributed by atoms with van der Waals surface area (Å²) >= 11 is 0. The molecule has 0 spiro atoms. The third kappa shape index (κ3) is 3.96. The molecule has 1 N–H and O–H groups in total. The van der Waals surface area contributed by atoms with Crippen molar-refractivity contribution in [3.05, 3.63) is 35.7 Å². The van der Waals surface area contributed by atoms with Gasteiger partial charge in [-0.1, -0.05) is 13.8 Å². The molecule has 2 aromatic rings. The zero-order chi connectivity index (χ0) is 16.1. The lowest BCUT2D eigenvalue weighted by Crippen LogP contribution is -2.15. The largest absolute Gasteiger partial charge is 0.488 e. The SMILES string of the molecule is CCc1nnc(Nc2ccc(OC3CCOC3)cc2)nc1CC. The topological polar surface area (TPSA) is 69.2 Å². The molecule has 1 aliphatic rings. The summed E-state index contributed by atoms with van der Waals surface area (Å²) in [5.41, 5.74) is 2.86. The van der Waals surface area contributed by atoms with Gasteiger partial charge in [0.15, 0.2) is 0 Å². The van der Waals surface area contributed by atoms with Crippen molar-refractivity contribution in [3.8, 4) is 5.75 Å². The van der Waals surface area contributed by atoms with E-state index in [-0.39, 0.29) is 6.10 Å². The normalized spacial score (nSPS) is 17.2. The molecule has 3 rings (SSSR count). The summed E-state index contributed by atoms with van der Waals surface area (Å²) in [7, 11) is 0. The molecule has 1 fully saturated rings. The Morgan fingerprint density at radius 1 is 1.13 bits per heavy atom. The van der Waals surface area contributed by atoms with Crippen molar-refractivity contribution in [1.82, 2.24) is 15.2 Å². The lowest BCUT2D eigenvalue weighted by Gasteiger charge is -2.12. The van der Waals surface area contributed by atoms with Crippen LogP contribution in [0.2, 0.25) is 0 Å². The third-order valence-corrected chi connectivity index (χ3v) is 3.81. The van der Waals surface area contributed by atoms with Crippen LogP contribution in [0.25, 0.3) is 0 Å². The molecule has 2 heterocycles. The van der Waals surface area contributed by atoms with Gasteiger partial charge >= 0.3 is 0 Å². The molecule has 1 saturated heterocycles. The molecule has 0 saturated carbocycles. The first kappa shape index (κ1) is 15.7. The van der Waals surface area contributed by atoms with E-state index in [1.54, 1.807) is 0 Å². The lowest BCUT2D eigenvalue weighted by atomic mass is 10.2. The maximum atomic E-state index is 5.85. The molecule has 0 radical (unpaired) electrons. The number of aromatic nitrogens is 3. The van der Waals surface area contributed by atoms with Crippen molar-refractivity contribution in [1.29, 1.82) is 0 Å². The number of hydrogen-bond donors (Lipinski definition) is 1. The molecule has 23 heavy (non-hydrogen) atoms. The number of nitrogens with one attached hydrogen (secondary N) is 1. The van der Waals surface area contributed by atoms with Gasteiger partial charge in [-0.05, 0) is 37.1 Å². The van der Waals surface area contributed by atoms with Crippen LogP contribution in [-0.4, -0.2) is 34.5 Å². The van der Waals surface area contributed by atoms with E-state index in [2.05, 4.69) is 34.3 Å². The second kappa shape index (κ2) is 7.37. The molecule has 1 aliphatic heterocycles. The van der Waals surface area contributed by atoms with Crippen molar-refractivity contribution in [2.75, 3.05) is 18.5 Å². The van der Waals surface area contributed by atoms with Crippen LogP contribution in [0.5, 0.6) is 5.75 Å². The van der Waals surface area contributed by atoms with Crippen LogP contribution in [0.15, 0.2) is 24.3 Å². The first-order chi connectivity index (χ1) is 11.3. The maximum absolute atomic E-state index is 5.85. The van der Waals surface area contributed by atoms with Crippen LogP contribution in [0.4, 0.5) is 11.6 Å². The van der Waals surface area contributed by atoms with Gasteiger partial charge in [0, 0.05) is 12.1 Å². The zero-order valence-corrected chi connectivity index (χ0v) is 13.6. The first-order valence-electron chi connectivity index (χ1n) is 8.12. The van der Waals surface area contributed by atoms with Crippen molar-refractivity contribution >= 4 is 11.6 Å². The highest BCUT2D eigenvalue weighted by atomic mass is 16.5. The first-order valence-corrected chi connectivity index (χ1v) is 8.12. The number of anilines is 2. The molecule has 1 unspecified atom stereocenters. The molecule has 1 aromatic carbocycles. The number of benzene rings is 1. The molecule has 0 bridgehead atoms. The summed E-state index contributed by atoms with van der Waals surface area (Å²) in [4.78, 5) is 4.53. The Bertz CT molecular complexity index is 640. The lowest BCUT2D eigenvalue weighted by molar-refractivity contribution is 0.141. The van der Waals surface area contributed by atoms with Crippen LogP contribution >= 0.6 is 0 Å². The van der Waals surface area contributed by atoms with E-state index in [1.165, 1.54) is 0 Å². The van der Waals surface area contributed by atoms with Crippen LogP contribution in [0.3, 0.4) is 0 Å². The second-order valence-electron chi connectivity index (χ2n) is 5.49. The summed E-state index contributed by atoms with van der Waals surface area (Å²) < 4.78 is 11.2. The number of aryl methyl sites for hydroxylation is 2. The summed E-state index contributed by atoms with van der Waals surface area (Å²) in [6, 6.07) is 7.78. The minimum Gasteiger partial charge on any atom is -0.488 e. The predicted octanol–water partition coefficient (Wildman–Crippen LogP) is 2.91. The Balaban J connectivity index is 1.65.